The predicted octanol–water partition coefficient (Wildman–Crippen LogP) is 2.32. The minimum Gasteiger partial charge on any atom is -0.350 e. The fraction of sp³-hybridized carbons (Fsp3) is 0.263. The van der Waals surface area contributed by atoms with E-state index in [9.17, 15) is 14.4 Å². The molecule has 3 rings (SSSR count). The van der Waals surface area contributed by atoms with E-state index < -0.39 is 5.41 Å². The maximum absolute atomic E-state index is 12.6. The number of Topliss-reactive ketones (excluding diaryl/α,β-unsaturated/α-hetero) is 1. The third-order valence-electron chi connectivity index (χ3n) is 4.30. The lowest BCUT2D eigenvalue weighted by Crippen LogP contribution is -2.39. The normalized spacial score (nSPS) is 14.4. The predicted molar refractivity (Wildman–Crippen MR) is 92.8 cm³/mol. The van der Waals surface area contributed by atoms with Gasteiger partial charge in [0.25, 0.3) is 0 Å². The van der Waals surface area contributed by atoms with Gasteiger partial charge in [0.15, 0.2) is 5.78 Å². The number of hydrogen-bond acceptors (Lipinski definition) is 4. The van der Waals surface area contributed by atoms with Gasteiger partial charge in [-0.05, 0) is 44.0 Å². The summed E-state index contributed by atoms with van der Waals surface area (Å²) in [5.41, 5.74) is 0.742. The quantitative estimate of drug-likeness (QED) is 0.625. The number of rotatable bonds is 6. The van der Waals surface area contributed by atoms with E-state index >= 15 is 0 Å². The molecule has 1 saturated carbocycles. The van der Waals surface area contributed by atoms with Crippen molar-refractivity contribution in [2.45, 2.75) is 26.3 Å². The Bertz CT molecular complexity index is 814. The molecule has 1 aliphatic rings. The number of nitrogens with one attached hydrogen (secondary N) is 2. The molecule has 1 aromatic heterocycles. The molecule has 6 heteroatoms. The van der Waals surface area contributed by atoms with Crippen molar-refractivity contribution in [3.63, 3.8) is 0 Å². The van der Waals surface area contributed by atoms with Gasteiger partial charge in [0.05, 0.1) is 12.2 Å². The van der Waals surface area contributed by atoms with Crippen LogP contribution in [0.4, 0.5) is 5.69 Å². The first-order valence-electron chi connectivity index (χ1n) is 8.12. The van der Waals surface area contributed by atoms with Crippen molar-refractivity contribution in [2.24, 2.45) is 5.41 Å². The molecule has 0 spiro atoms. The fourth-order valence-electron chi connectivity index (χ4n) is 2.59. The van der Waals surface area contributed by atoms with Crippen LogP contribution in [0.2, 0.25) is 0 Å². The number of carbonyl (C=O) groups excluding carboxylic acids is 3. The zero-order chi connectivity index (χ0) is 17.9. The molecule has 0 saturated heterocycles. The summed E-state index contributed by atoms with van der Waals surface area (Å²) in [6.45, 7) is 1.75. The van der Waals surface area contributed by atoms with Crippen LogP contribution < -0.4 is 10.6 Å². The van der Waals surface area contributed by atoms with E-state index in [1.54, 1.807) is 36.5 Å². The topological polar surface area (TPSA) is 88.2 Å². The third-order valence-corrected chi connectivity index (χ3v) is 4.30. The third kappa shape index (κ3) is 3.74. The van der Waals surface area contributed by atoms with E-state index in [1.165, 1.54) is 6.92 Å². The number of aromatic nitrogens is 1. The Morgan fingerprint density at radius 1 is 1.08 bits per heavy atom. The van der Waals surface area contributed by atoms with Crippen LogP contribution in [0.25, 0.3) is 0 Å². The highest BCUT2D eigenvalue weighted by atomic mass is 16.2. The van der Waals surface area contributed by atoms with Crippen molar-refractivity contribution >= 4 is 23.3 Å². The van der Waals surface area contributed by atoms with Crippen LogP contribution in [0.3, 0.4) is 0 Å². The standard InChI is InChI=1S/C19H19N3O3/c1-13(23)14-5-4-7-15(11-14)22-18(25)19(8-9-19)17(24)21-12-16-6-2-3-10-20-16/h2-7,10-11H,8-9,12H2,1H3,(H,21,24)(H,22,25). The highest BCUT2D eigenvalue weighted by Crippen LogP contribution is 2.46. The molecule has 25 heavy (non-hydrogen) atoms. The van der Waals surface area contributed by atoms with Crippen molar-refractivity contribution in [1.82, 2.24) is 10.3 Å². The average molecular weight is 337 g/mol. The molecule has 1 fully saturated rings. The van der Waals surface area contributed by atoms with Gasteiger partial charge in [0.1, 0.15) is 5.41 Å². The van der Waals surface area contributed by atoms with E-state index in [4.69, 9.17) is 0 Å². The van der Waals surface area contributed by atoms with Gasteiger partial charge in [-0.1, -0.05) is 18.2 Å². The molecule has 6 nitrogen and oxygen atoms in total. The van der Waals surface area contributed by atoms with Crippen LogP contribution in [0.15, 0.2) is 48.7 Å². The van der Waals surface area contributed by atoms with Crippen molar-refractivity contribution in [3.05, 3.63) is 59.9 Å². The summed E-state index contributed by atoms with van der Waals surface area (Å²) >= 11 is 0. The number of amides is 2. The molecule has 2 aromatic rings. The minimum absolute atomic E-state index is 0.0784. The van der Waals surface area contributed by atoms with E-state index in [1.807, 2.05) is 12.1 Å². The van der Waals surface area contributed by atoms with Gasteiger partial charge in [-0.3, -0.25) is 19.4 Å². The first-order valence-corrected chi connectivity index (χ1v) is 8.12. The summed E-state index contributed by atoms with van der Waals surface area (Å²) < 4.78 is 0. The Kier molecular flexibility index (Phi) is 4.61. The lowest BCUT2D eigenvalue weighted by molar-refractivity contribution is -0.134. The number of ketones is 1. The number of nitrogens with zero attached hydrogens (tertiary/aromatic N) is 1. The molecular formula is C19H19N3O3. The Morgan fingerprint density at radius 3 is 2.52 bits per heavy atom. The molecule has 0 radical (unpaired) electrons. The van der Waals surface area contributed by atoms with E-state index in [0.29, 0.717) is 24.1 Å². The lowest BCUT2D eigenvalue weighted by atomic mass is 10.0. The van der Waals surface area contributed by atoms with Gasteiger partial charge in [-0.25, -0.2) is 0 Å². The van der Waals surface area contributed by atoms with Crippen LogP contribution >= 0.6 is 0 Å². The van der Waals surface area contributed by atoms with Gasteiger partial charge in [-0.15, -0.1) is 0 Å². The second-order valence-corrected chi connectivity index (χ2v) is 6.18. The molecular weight excluding hydrogens is 318 g/mol. The number of pyridine rings is 1. The molecule has 1 heterocycles. The SMILES string of the molecule is CC(=O)c1cccc(NC(=O)C2(C(=O)NCc3ccccn3)CC2)c1. The largest absolute Gasteiger partial charge is 0.350 e. The summed E-state index contributed by atoms with van der Waals surface area (Å²) in [4.78, 5) is 40.6. The summed E-state index contributed by atoms with van der Waals surface area (Å²) in [6, 6.07) is 12.2. The van der Waals surface area contributed by atoms with Crippen LogP contribution in [-0.2, 0) is 16.1 Å². The monoisotopic (exact) mass is 337 g/mol. The molecule has 0 bridgehead atoms. The Labute approximate surface area is 145 Å². The van der Waals surface area contributed by atoms with Crippen molar-refractivity contribution in [1.29, 1.82) is 0 Å². The van der Waals surface area contributed by atoms with E-state index in [2.05, 4.69) is 15.6 Å². The van der Waals surface area contributed by atoms with Crippen molar-refractivity contribution in [3.8, 4) is 0 Å². The van der Waals surface area contributed by atoms with Gasteiger partial charge in [-0.2, -0.15) is 0 Å². The summed E-state index contributed by atoms with van der Waals surface area (Å²) in [5, 5.41) is 5.53. The average Bonchev–Trinajstić information content (AvgIpc) is 3.43. The van der Waals surface area contributed by atoms with E-state index in [0.717, 1.165) is 5.69 Å². The molecule has 0 unspecified atom stereocenters. The number of hydrogen-bond donors (Lipinski definition) is 2. The van der Waals surface area contributed by atoms with Crippen molar-refractivity contribution in [2.75, 3.05) is 5.32 Å². The number of anilines is 1. The van der Waals surface area contributed by atoms with E-state index in [-0.39, 0.29) is 24.1 Å². The molecule has 0 atom stereocenters. The zero-order valence-electron chi connectivity index (χ0n) is 13.9. The molecule has 2 N–H and O–H groups in total. The zero-order valence-corrected chi connectivity index (χ0v) is 13.9. The van der Waals surface area contributed by atoms with Gasteiger partial charge in [0.2, 0.25) is 11.8 Å². The van der Waals surface area contributed by atoms with Gasteiger partial charge < -0.3 is 10.6 Å². The molecule has 1 aromatic carbocycles. The second kappa shape index (κ2) is 6.84. The first-order chi connectivity index (χ1) is 12.0. The summed E-state index contributed by atoms with van der Waals surface area (Å²) in [5.74, 6) is -0.713. The van der Waals surface area contributed by atoms with Crippen LogP contribution in [-0.4, -0.2) is 22.6 Å². The Balaban J connectivity index is 1.64. The van der Waals surface area contributed by atoms with Crippen molar-refractivity contribution < 1.29 is 14.4 Å². The molecule has 1 aliphatic carbocycles. The van der Waals surface area contributed by atoms with Crippen LogP contribution in [0, 0.1) is 5.41 Å². The molecule has 2 amide bonds. The van der Waals surface area contributed by atoms with Crippen LogP contribution in [0.1, 0.15) is 35.8 Å². The number of benzene rings is 1. The highest BCUT2D eigenvalue weighted by molar-refractivity contribution is 6.13. The van der Waals surface area contributed by atoms with Crippen LogP contribution in [0.5, 0.6) is 0 Å². The highest BCUT2D eigenvalue weighted by Gasteiger charge is 2.56. The first kappa shape index (κ1) is 16.8. The second-order valence-electron chi connectivity index (χ2n) is 6.18. The van der Waals surface area contributed by atoms with Gasteiger partial charge in [0, 0.05) is 17.4 Å². The molecule has 128 valence electrons. The number of carbonyl (C=O) groups is 3. The minimum atomic E-state index is -1.03. The summed E-state index contributed by atoms with van der Waals surface area (Å²) in [7, 11) is 0. The molecule has 0 aliphatic heterocycles. The summed E-state index contributed by atoms with van der Waals surface area (Å²) in [6.07, 6.45) is 2.68. The Hall–Kier alpha value is -3.02. The maximum Gasteiger partial charge on any atom is 0.240 e. The van der Waals surface area contributed by atoms with Gasteiger partial charge >= 0.3 is 0 Å². The smallest absolute Gasteiger partial charge is 0.240 e. The lowest BCUT2D eigenvalue weighted by Gasteiger charge is -2.15. The maximum atomic E-state index is 12.6. The fourth-order valence-corrected chi connectivity index (χ4v) is 2.59. The Morgan fingerprint density at radius 2 is 1.88 bits per heavy atom.